The Kier molecular flexibility index (Phi) is 7.04. The second-order valence-corrected chi connectivity index (χ2v) is 12.1. The van der Waals surface area contributed by atoms with Gasteiger partial charge in [-0.05, 0) is 74.7 Å². The zero-order valence-corrected chi connectivity index (χ0v) is 22.4. The van der Waals surface area contributed by atoms with E-state index in [0.717, 1.165) is 36.3 Å². The SMILES string of the molecule is Cc1nnc(NS(=O)(=O)c2ccc(N3CCN(C(=O)[C@@H](C)N4CCCc5cc(F)ccc54)CC3)cc2)s1. The van der Waals surface area contributed by atoms with E-state index in [9.17, 15) is 17.6 Å². The van der Waals surface area contributed by atoms with Crippen molar-refractivity contribution in [1.29, 1.82) is 0 Å². The summed E-state index contributed by atoms with van der Waals surface area (Å²) in [4.78, 5) is 19.6. The van der Waals surface area contributed by atoms with Crippen molar-refractivity contribution in [2.45, 2.75) is 37.6 Å². The van der Waals surface area contributed by atoms with E-state index in [1.54, 1.807) is 43.3 Å². The van der Waals surface area contributed by atoms with Gasteiger partial charge in [-0.2, -0.15) is 0 Å². The second-order valence-electron chi connectivity index (χ2n) is 9.28. The van der Waals surface area contributed by atoms with E-state index in [1.165, 1.54) is 17.4 Å². The average molecular weight is 545 g/mol. The highest BCUT2D eigenvalue weighted by molar-refractivity contribution is 7.93. The summed E-state index contributed by atoms with van der Waals surface area (Å²) in [6.07, 6.45) is 1.71. The van der Waals surface area contributed by atoms with Crippen LogP contribution in [-0.4, -0.2) is 68.2 Å². The largest absolute Gasteiger partial charge is 0.368 e. The summed E-state index contributed by atoms with van der Waals surface area (Å²) >= 11 is 1.17. The number of carbonyl (C=O) groups is 1. The Hall–Kier alpha value is -3.25. The van der Waals surface area contributed by atoms with Crippen LogP contribution < -0.4 is 14.5 Å². The zero-order chi connectivity index (χ0) is 26.2. The van der Waals surface area contributed by atoms with E-state index < -0.39 is 10.0 Å². The molecule has 12 heteroatoms. The Labute approximate surface area is 220 Å². The van der Waals surface area contributed by atoms with E-state index in [0.29, 0.717) is 31.2 Å². The third kappa shape index (κ3) is 5.40. The quantitative estimate of drug-likeness (QED) is 0.509. The lowest BCUT2D eigenvalue weighted by atomic mass is 9.99. The molecule has 0 spiro atoms. The number of amides is 1. The molecule has 2 aromatic carbocycles. The Balaban J connectivity index is 1.19. The second kappa shape index (κ2) is 10.3. The maximum absolute atomic E-state index is 13.7. The molecule has 1 fully saturated rings. The van der Waals surface area contributed by atoms with Gasteiger partial charge in [0.2, 0.25) is 11.0 Å². The Morgan fingerprint density at radius 1 is 1.05 bits per heavy atom. The molecule has 37 heavy (non-hydrogen) atoms. The van der Waals surface area contributed by atoms with Crippen molar-refractivity contribution in [2.24, 2.45) is 0 Å². The van der Waals surface area contributed by atoms with E-state index in [1.807, 2.05) is 11.8 Å². The minimum atomic E-state index is -3.75. The molecule has 1 atom stereocenters. The van der Waals surface area contributed by atoms with Crippen LogP contribution in [0, 0.1) is 12.7 Å². The molecule has 5 rings (SSSR count). The van der Waals surface area contributed by atoms with Crippen molar-refractivity contribution in [2.75, 3.05) is 47.2 Å². The monoisotopic (exact) mass is 544 g/mol. The molecule has 0 aliphatic carbocycles. The topological polar surface area (TPSA) is 98.7 Å². The predicted molar refractivity (Wildman–Crippen MR) is 142 cm³/mol. The highest BCUT2D eigenvalue weighted by atomic mass is 32.2. The van der Waals surface area contributed by atoms with Crippen LogP contribution in [0.15, 0.2) is 47.4 Å². The van der Waals surface area contributed by atoms with Crippen molar-refractivity contribution in [3.63, 3.8) is 0 Å². The predicted octanol–water partition coefficient (Wildman–Crippen LogP) is 3.28. The third-order valence-electron chi connectivity index (χ3n) is 6.87. The molecule has 0 unspecified atom stereocenters. The minimum absolute atomic E-state index is 0.0660. The summed E-state index contributed by atoms with van der Waals surface area (Å²) < 4.78 is 41.4. The fraction of sp³-hybridized carbons (Fsp3) is 0.400. The first-order valence-corrected chi connectivity index (χ1v) is 14.5. The Morgan fingerprint density at radius 3 is 2.46 bits per heavy atom. The minimum Gasteiger partial charge on any atom is -0.368 e. The van der Waals surface area contributed by atoms with Crippen LogP contribution in [0.3, 0.4) is 0 Å². The lowest BCUT2D eigenvalue weighted by molar-refractivity contribution is -0.132. The summed E-state index contributed by atoms with van der Waals surface area (Å²) in [6.45, 7) is 6.89. The van der Waals surface area contributed by atoms with Gasteiger partial charge in [-0.3, -0.25) is 9.52 Å². The standard InChI is InChI=1S/C25H29FN6O3S2/c1-17(32-11-3-4-19-16-20(26)5-10-23(19)32)24(33)31-14-12-30(13-15-31)21-6-8-22(9-7-21)37(34,35)29-25-28-27-18(2)36-25/h5-10,16-17H,3-4,11-15H2,1-2H3,(H,28,29)/t17-/m1/s1. The number of hydrogen-bond acceptors (Lipinski definition) is 8. The van der Waals surface area contributed by atoms with Crippen LogP contribution in [0.4, 0.5) is 20.9 Å². The van der Waals surface area contributed by atoms with Gasteiger partial charge in [-0.25, -0.2) is 12.8 Å². The molecule has 1 saturated heterocycles. The van der Waals surface area contributed by atoms with Gasteiger partial charge in [0.05, 0.1) is 4.90 Å². The van der Waals surface area contributed by atoms with Crippen LogP contribution in [0.1, 0.15) is 23.9 Å². The molecule has 0 saturated carbocycles. The van der Waals surface area contributed by atoms with Gasteiger partial charge in [0, 0.05) is 44.1 Å². The summed E-state index contributed by atoms with van der Waals surface area (Å²) in [6, 6.07) is 11.2. The zero-order valence-electron chi connectivity index (χ0n) is 20.7. The number of carbonyl (C=O) groups excluding carboxylic acids is 1. The number of rotatable bonds is 6. The molecule has 196 valence electrons. The maximum Gasteiger partial charge on any atom is 0.263 e. The molecule has 1 aromatic heterocycles. The number of nitrogens with zero attached hydrogens (tertiary/aromatic N) is 5. The molecule has 2 aliphatic rings. The fourth-order valence-corrected chi connectivity index (χ4v) is 6.75. The lowest BCUT2D eigenvalue weighted by Gasteiger charge is -2.41. The molecule has 9 nitrogen and oxygen atoms in total. The molecular weight excluding hydrogens is 515 g/mol. The van der Waals surface area contributed by atoms with Crippen LogP contribution >= 0.6 is 11.3 Å². The molecule has 2 aliphatic heterocycles. The van der Waals surface area contributed by atoms with E-state index in [2.05, 4.69) is 24.7 Å². The first kappa shape index (κ1) is 25.4. The van der Waals surface area contributed by atoms with Crippen molar-refractivity contribution in [1.82, 2.24) is 15.1 Å². The van der Waals surface area contributed by atoms with Gasteiger partial charge in [0.1, 0.15) is 16.9 Å². The number of benzene rings is 2. The summed E-state index contributed by atoms with van der Waals surface area (Å²) in [5.74, 6) is -0.180. The first-order chi connectivity index (χ1) is 17.7. The summed E-state index contributed by atoms with van der Waals surface area (Å²) in [5.41, 5.74) is 2.80. The molecule has 1 amide bonds. The van der Waals surface area contributed by atoms with Gasteiger partial charge in [-0.1, -0.05) is 11.3 Å². The van der Waals surface area contributed by atoms with Crippen molar-refractivity contribution >= 4 is 43.8 Å². The molecular formula is C25H29FN6O3S2. The lowest BCUT2D eigenvalue weighted by Crippen LogP contribution is -2.55. The van der Waals surface area contributed by atoms with Gasteiger partial charge < -0.3 is 14.7 Å². The van der Waals surface area contributed by atoms with Crippen molar-refractivity contribution < 1.29 is 17.6 Å². The van der Waals surface area contributed by atoms with Crippen LogP contribution in [0.2, 0.25) is 0 Å². The number of halogens is 1. The highest BCUT2D eigenvalue weighted by Crippen LogP contribution is 2.30. The highest BCUT2D eigenvalue weighted by Gasteiger charge is 2.31. The Morgan fingerprint density at radius 2 is 1.78 bits per heavy atom. The molecule has 3 heterocycles. The number of nitrogens with one attached hydrogen (secondary N) is 1. The number of aromatic nitrogens is 2. The van der Waals surface area contributed by atoms with E-state index in [4.69, 9.17) is 0 Å². The number of hydrogen-bond donors (Lipinski definition) is 1. The fourth-order valence-electron chi connectivity index (χ4n) is 4.93. The van der Waals surface area contributed by atoms with E-state index in [-0.39, 0.29) is 27.8 Å². The number of piperazine rings is 1. The molecule has 0 radical (unpaired) electrons. The van der Waals surface area contributed by atoms with Crippen LogP contribution in [0.25, 0.3) is 0 Å². The smallest absolute Gasteiger partial charge is 0.263 e. The third-order valence-corrected chi connectivity index (χ3v) is 9.11. The molecule has 0 bridgehead atoms. The van der Waals surface area contributed by atoms with E-state index >= 15 is 0 Å². The average Bonchev–Trinajstić information content (AvgIpc) is 3.31. The van der Waals surface area contributed by atoms with Gasteiger partial charge in [0.15, 0.2) is 0 Å². The molecule has 3 aromatic rings. The number of anilines is 3. The van der Waals surface area contributed by atoms with Crippen LogP contribution in [0.5, 0.6) is 0 Å². The number of fused-ring (bicyclic) bond motifs is 1. The van der Waals surface area contributed by atoms with Gasteiger partial charge >= 0.3 is 0 Å². The maximum atomic E-state index is 13.7. The van der Waals surface area contributed by atoms with Crippen molar-refractivity contribution in [3.05, 3.63) is 58.9 Å². The number of aryl methyl sites for hydroxylation is 2. The molecule has 1 N–H and O–H groups in total. The summed E-state index contributed by atoms with van der Waals surface area (Å²) in [7, 11) is -3.75. The first-order valence-electron chi connectivity index (χ1n) is 12.2. The van der Waals surface area contributed by atoms with Gasteiger partial charge in [-0.15, -0.1) is 10.2 Å². The van der Waals surface area contributed by atoms with Crippen molar-refractivity contribution in [3.8, 4) is 0 Å². The van der Waals surface area contributed by atoms with Gasteiger partial charge in [0.25, 0.3) is 10.0 Å². The normalized spacial score (nSPS) is 16.9. The Bertz CT molecular complexity index is 1390. The number of sulfonamides is 1. The summed E-state index contributed by atoms with van der Waals surface area (Å²) in [5, 5.41) is 8.55. The van der Waals surface area contributed by atoms with Crippen LogP contribution in [-0.2, 0) is 21.2 Å².